The van der Waals surface area contributed by atoms with Crippen LogP contribution >= 0.6 is 0 Å². The fourth-order valence-electron chi connectivity index (χ4n) is 0.863. The van der Waals surface area contributed by atoms with Crippen molar-refractivity contribution in [1.29, 1.82) is 0 Å². The Balaban J connectivity index is 4.33. The molecule has 0 radical (unpaired) electrons. The lowest BCUT2D eigenvalue weighted by Gasteiger charge is -2.09. The summed E-state index contributed by atoms with van der Waals surface area (Å²) < 4.78 is 38.7. The lowest BCUT2D eigenvalue weighted by molar-refractivity contribution is -0.305. The number of halogens is 3. The molecule has 0 spiro atoms. The molecule has 76 valence electrons. The maximum Gasteiger partial charge on any atom is 0.572 e. The largest absolute Gasteiger partial charge is 0.572 e. The van der Waals surface area contributed by atoms with E-state index in [2.05, 4.69) is 4.74 Å². The summed E-state index contributed by atoms with van der Waals surface area (Å²) in [6, 6.07) is 0. The Labute approximate surface area is 75.9 Å². The van der Waals surface area contributed by atoms with Crippen LogP contribution in [0.2, 0.25) is 0 Å². The van der Waals surface area contributed by atoms with Gasteiger partial charge in [0.15, 0.2) is 0 Å². The molecule has 0 N–H and O–H groups in total. The molecule has 13 heavy (non-hydrogen) atoms. The van der Waals surface area contributed by atoms with E-state index < -0.39 is 6.36 Å². The van der Waals surface area contributed by atoms with Gasteiger partial charge in [-0.2, -0.15) is 0 Å². The number of hydrogen-bond donors (Lipinski definition) is 0. The fraction of sp³-hybridized carbons (Fsp3) is 0.556. The van der Waals surface area contributed by atoms with Crippen molar-refractivity contribution in [3.8, 4) is 0 Å². The average molecular weight is 194 g/mol. The van der Waals surface area contributed by atoms with Gasteiger partial charge in [-0.3, -0.25) is 0 Å². The van der Waals surface area contributed by atoms with Crippen molar-refractivity contribution in [2.24, 2.45) is 0 Å². The number of alkyl halides is 3. The van der Waals surface area contributed by atoms with Crippen molar-refractivity contribution in [3.63, 3.8) is 0 Å². The second-order valence-corrected chi connectivity index (χ2v) is 2.52. The first-order chi connectivity index (χ1) is 5.89. The first-order valence-electron chi connectivity index (χ1n) is 3.98. The van der Waals surface area contributed by atoms with Crippen LogP contribution in [0.15, 0.2) is 23.5 Å². The summed E-state index contributed by atoms with van der Waals surface area (Å²) in [5, 5.41) is 0. The van der Waals surface area contributed by atoms with Gasteiger partial charge in [-0.1, -0.05) is 13.0 Å². The minimum absolute atomic E-state index is 0.137. The SMILES string of the molecule is C/C=C(\C=C(/C)OC(F)(F)F)CC. The van der Waals surface area contributed by atoms with Gasteiger partial charge in [-0.05, 0) is 31.9 Å². The van der Waals surface area contributed by atoms with Gasteiger partial charge in [-0.25, -0.2) is 0 Å². The normalized spacial score (nSPS) is 14.6. The number of allylic oxidation sites excluding steroid dienone is 4. The van der Waals surface area contributed by atoms with Crippen molar-refractivity contribution >= 4 is 0 Å². The van der Waals surface area contributed by atoms with Crippen molar-refractivity contribution < 1.29 is 17.9 Å². The van der Waals surface area contributed by atoms with Crippen LogP contribution in [0, 0.1) is 0 Å². The van der Waals surface area contributed by atoms with Crippen LogP contribution in [-0.4, -0.2) is 6.36 Å². The molecule has 0 amide bonds. The van der Waals surface area contributed by atoms with Crippen LogP contribution in [0.3, 0.4) is 0 Å². The maximum absolute atomic E-state index is 11.7. The Morgan fingerprint density at radius 2 is 1.92 bits per heavy atom. The summed E-state index contributed by atoms with van der Waals surface area (Å²) in [4.78, 5) is 0. The first-order valence-corrected chi connectivity index (χ1v) is 3.98. The quantitative estimate of drug-likeness (QED) is 0.490. The van der Waals surface area contributed by atoms with Gasteiger partial charge in [0, 0.05) is 0 Å². The zero-order chi connectivity index (χ0) is 10.5. The predicted molar refractivity (Wildman–Crippen MR) is 44.9 cm³/mol. The molecule has 0 aromatic carbocycles. The Bertz CT molecular complexity index is 213. The third-order valence-electron chi connectivity index (χ3n) is 1.44. The number of rotatable bonds is 3. The van der Waals surface area contributed by atoms with E-state index in [0.717, 1.165) is 5.57 Å². The zero-order valence-electron chi connectivity index (χ0n) is 7.90. The first kappa shape index (κ1) is 12.1. The summed E-state index contributed by atoms with van der Waals surface area (Å²) in [5.74, 6) is -0.137. The highest BCUT2D eigenvalue weighted by molar-refractivity contribution is 5.19. The van der Waals surface area contributed by atoms with Crippen LogP contribution in [-0.2, 0) is 4.74 Å². The van der Waals surface area contributed by atoms with Crippen molar-refractivity contribution in [3.05, 3.63) is 23.5 Å². The van der Waals surface area contributed by atoms with E-state index >= 15 is 0 Å². The molecule has 0 saturated heterocycles. The highest BCUT2D eigenvalue weighted by Crippen LogP contribution is 2.21. The fourth-order valence-corrected chi connectivity index (χ4v) is 0.863. The monoisotopic (exact) mass is 194 g/mol. The highest BCUT2D eigenvalue weighted by Gasteiger charge is 2.30. The van der Waals surface area contributed by atoms with Gasteiger partial charge < -0.3 is 4.74 Å². The van der Waals surface area contributed by atoms with Gasteiger partial charge in [0.1, 0.15) is 5.76 Å². The Morgan fingerprint density at radius 3 is 2.23 bits per heavy atom. The minimum atomic E-state index is -4.59. The highest BCUT2D eigenvalue weighted by atomic mass is 19.4. The third-order valence-corrected chi connectivity index (χ3v) is 1.44. The Hall–Kier alpha value is -0.930. The van der Waals surface area contributed by atoms with Crippen LogP contribution in [0.1, 0.15) is 27.2 Å². The average Bonchev–Trinajstić information content (AvgIpc) is 1.96. The molecule has 0 aliphatic rings. The molecule has 0 aromatic rings. The van der Waals surface area contributed by atoms with E-state index in [1.807, 2.05) is 6.92 Å². The molecule has 0 aliphatic heterocycles. The standard InChI is InChI=1S/C9H13F3O/c1-4-8(5-2)6-7(3)13-9(10,11)12/h4,6H,5H2,1-3H3/b7-6+,8-4-. The van der Waals surface area contributed by atoms with Crippen LogP contribution in [0.4, 0.5) is 13.2 Å². The summed E-state index contributed by atoms with van der Waals surface area (Å²) in [6.45, 7) is 4.93. The molecule has 0 rings (SSSR count). The van der Waals surface area contributed by atoms with Crippen molar-refractivity contribution in [2.45, 2.75) is 33.6 Å². The number of hydrogen-bond acceptors (Lipinski definition) is 1. The lowest BCUT2D eigenvalue weighted by Crippen LogP contribution is -2.11. The summed E-state index contributed by atoms with van der Waals surface area (Å²) >= 11 is 0. The van der Waals surface area contributed by atoms with E-state index in [1.54, 1.807) is 13.0 Å². The van der Waals surface area contributed by atoms with E-state index in [0.29, 0.717) is 6.42 Å². The molecule has 0 saturated carbocycles. The number of ether oxygens (including phenoxy) is 1. The molecule has 4 heteroatoms. The lowest BCUT2D eigenvalue weighted by atomic mass is 10.2. The van der Waals surface area contributed by atoms with Crippen molar-refractivity contribution in [1.82, 2.24) is 0 Å². The topological polar surface area (TPSA) is 9.23 Å². The van der Waals surface area contributed by atoms with Crippen LogP contribution < -0.4 is 0 Å². The molecule has 0 unspecified atom stereocenters. The molecule has 0 aliphatic carbocycles. The second-order valence-electron chi connectivity index (χ2n) is 2.52. The Kier molecular flexibility index (Phi) is 4.59. The van der Waals surface area contributed by atoms with Crippen molar-refractivity contribution in [2.75, 3.05) is 0 Å². The van der Waals surface area contributed by atoms with Crippen LogP contribution in [0.5, 0.6) is 0 Å². The van der Waals surface area contributed by atoms with Gasteiger partial charge >= 0.3 is 6.36 Å². The van der Waals surface area contributed by atoms with Gasteiger partial charge in [0.25, 0.3) is 0 Å². The van der Waals surface area contributed by atoms with Crippen LogP contribution in [0.25, 0.3) is 0 Å². The molecule has 1 nitrogen and oxygen atoms in total. The summed E-state index contributed by atoms with van der Waals surface area (Å²) in [7, 11) is 0. The molecule has 0 fully saturated rings. The van der Waals surface area contributed by atoms with Gasteiger partial charge in [0.2, 0.25) is 0 Å². The predicted octanol–water partition coefficient (Wildman–Crippen LogP) is 3.78. The van der Waals surface area contributed by atoms with E-state index in [1.165, 1.54) is 13.0 Å². The van der Waals surface area contributed by atoms with E-state index in [4.69, 9.17) is 0 Å². The molecular weight excluding hydrogens is 181 g/mol. The van der Waals surface area contributed by atoms with E-state index in [9.17, 15) is 13.2 Å². The molecule has 0 heterocycles. The third kappa shape index (κ3) is 6.25. The molecular formula is C9H13F3O. The summed E-state index contributed by atoms with van der Waals surface area (Å²) in [6.07, 6.45) is -0.765. The second kappa shape index (κ2) is 4.94. The summed E-state index contributed by atoms with van der Waals surface area (Å²) in [5.41, 5.74) is 0.821. The minimum Gasteiger partial charge on any atom is -0.411 e. The van der Waals surface area contributed by atoms with Gasteiger partial charge in [-0.15, -0.1) is 13.2 Å². The van der Waals surface area contributed by atoms with Gasteiger partial charge in [0.05, 0.1) is 0 Å². The molecule has 0 aromatic heterocycles. The Morgan fingerprint density at radius 1 is 1.38 bits per heavy atom. The van der Waals surface area contributed by atoms with E-state index in [-0.39, 0.29) is 5.76 Å². The zero-order valence-corrected chi connectivity index (χ0v) is 7.90. The maximum atomic E-state index is 11.7. The molecule has 0 atom stereocenters. The smallest absolute Gasteiger partial charge is 0.411 e. The molecule has 0 bridgehead atoms.